The summed E-state index contributed by atoms with van der Waals surface area (Å²) in [5, 5.41) is 3.99. The van der Waals surface area contributed by atoms with Crippen LogP contribution in [0.15, 0.2) is 47.1 Å². The second kappa shape index (κ2) is 9.70. The number of hydrogen-bond acceptors (Lipinski definition) is 7. The van der Waals surface area contributed by atoms with Gasteiger partial charge in [0.1, 0.15) is 11.4 Å². The van der Waals surface area contributed by atoms with E-state index in [2.05, 4.69) is 28.1 Å². The maximum Gasteiger partial charge on any atom is 0.257 e. The summed E-state index contributed by atoms with van der Waals surface area (Å²) < 4.78 is 17.0. The molecule has 162 valence electrons. The summed E-state index contributed by atoms with van der Waals surface area (Å²) in [6, 6.07) is 11.5. The van der Waals surface area contributed by atoms with Crippen LogP contribution >= 0.6 is 0 Å². The number of benzene rings is 1. The Balaban J connectivity index is 1.28. The van der Waals surface area contributed by atoms with Crippen LogP contribution < -0.4 is 4.74 Å². The van der Waals surface area contributed by atoms with Crippen molar-refractivity contribution < 1.29 is 18.8 Å². The quantitative estimate of drug-likeness (QED) is 0.538. The van der Waals surface area contributed by atoms with E-state index < -0.39 is 6.10 Å². The molecule has 1 fully saturated rings. The molecule has 1 aromatic carbocycles. The molecule has 0 bridgehead atoms. The molecular formula is C23H26N4O4. The van der Waals surface area contributed by atoms with E-state index in [1.807, 2.05) is 37.3 Å². The molecule has 1 amide bonds. The molecule has 3 aromatic rings. The van der Waals surface area contributed by atoms with Crippen molar-refractivity contribution >= 4 is 5.91 Å². The second-order valence-corrected chi connectivity index (χ2v) is 7.52. The van der Waals surface area contributed by atoms with E-state index in [1.54, 1.807) is 11.1 Å². The van der Waals surface area contributed by atoms with Crippen molar-refractivity contribution in [2.45, 2.75) is 32.8 Å². The molecule has 8 heteroatoms. The number of ether oxygens (including phenoxy) is 2. The van der Waals surface area contributed by atoms with Gasteiger partial charge >= 0.3 is 0 Å². The Morgan fingerprint density at radius 2 is 2.13 bits per heavy atom. The Labute approximate surface area is 181 Å². The highest BCUT2D eigenvalue weighted by Crippen LogP contribution is 2.24. The summed E-state index contributed by atoms with van der Waals surface area (Å²) in [5.41, 5.74) is 2.96. The summed E-state index contributed by atoms with van der Waals surface area (Å²) in [6.45, 7) is 5.97. The third kappa shape index (κ3) is 5.08. The van der Waals surface area contributed by atoms with Crippen LogP contribution in [0.2, 0.25) is 0 Å². The largest absolute Gasteiger partial charge is 0.493 e. The molecule has 1 atom stereocenters. The fraction of sp³-hybridized carbons (Fsp3) is 0.391. The number of nitrogens with zero attached hydrogens (tertiary/aromatic N) is 4. The molecule has 0 N–H and O–H groups in total. The summed E-state index contributed by atoms with van der Waals surface area (Å²) in [5.74, 6) is 1.71. The van der Waals surface area contributed by atoms with Gasteiger partial charge in [-0.2, -0.15) is 4.98 Å². The zero-order chi connectivity index (χ0) is 21.6. The maximum absolute atomic E-state index is 12.7. The van der Waals surface area contributed by atoms with Gasteiger partial charge in [-0.3, -0.25) is 9.78 Å². The lowest BCUT2D eigenvalue weighted by Crippen LogP contribution is -2.42. The van der Waals surface area contributed by atoms with Crippen LogP contribution in [-0.2, 0) is 9.53 Å². The van der Waals surface area contributed by atoms with Crippen LogP contribution in [-0.4, -0.2) is 52.2 Å². The van der Waals surface area contributed by atoms with Crippen molar-refractivity contribution in [3.05, 3.63) is 59.6 Å². The van der Waals surface area contributed by atoms with Crippen LogP contribution in [0.5, 0.6) is 5.75 Å². The van der Waals surface area contributed by atoms with E-state index in [1.165, 1.54) is 5.56 Å². The SMILES string of the molecule is Cc1cccc(OCCCC(=O)N2CCOC(c3nc(-c4ccccn4)no3)C2)c1C. The van der Waals surface area contributed by atoms with Crippen molar-refractivity contribution in [2.75, 3.05) is 26.3 Å². The first-order valence-corrected chi connectivity index (χ1v) is 10.4. The van der Waals surface area contributed by atoms with E-state index in [0.717, 1.165) is 11.3 Å². The number of carbonyl (C=O) groups excluding carboxylic acids is 1. The molecule has 0 radical (unpaired) electrons. The lowest BCUT2D eigenvalue weighted by atomic mass is 10.1. The van der Waals surface area contributed by atoms with Gasteiger partial charge in [0.05, 0.1) is 19.8 Å². The van der Waals surface area contributed by atoms with Gasteiger partial charge in [0.25, 0.3) is 5.89 Å². The van der Waals surface area contributed by atoms with Crippen LogP contribution in [0.25, 0.3) is 11.5 Å². The van der Waals surface area contributed by atoms with Crippen LogP contribution in [0.4, 0.5) is 0 Å². The highest BCUT2D eigenvalue weighted by Gasteiger charge is 2.29. The molecule has 0 saturated carbocycles. The van der Waals surface area contributed by atoms with E-state index in [-0.39, 0.29) is 5.91 Å². The van der Waals surface area contributed by atoms with Crippen molar-refractivity contribution in [3.63, 3.8) is 0 Å². The standard InChI is InChI=1S/C23H26N4O4/c1-16-7-5-9-19(17(16)2)29-13-6-10-21(28)27-12-14-30-20(15-27)23-25-22(26-31-23)18-8-3-4-11-24-18/h3-5,7-9,11,20H,6,10,12-15H2,1-2H3. The van der Waals surface area contributed by atoms with Crippen LogP contribution in [0, 0.1) is 13.8 Å². The minimum atomic E-state index is -0.436. The number of amides is 1. The van der Waals surface area contributed by atoms with Crippen LogP contribution in [0.3, 0.4) is 0 Å². The van der Waals surface area contributed by atoms with Crippen molar-refractivity contribution in [3.8, 4) is 17.3 Å². The highest BCUT2D eigenvalue weighted by atomic mass is 16.5. The van der Waals surface area contributed by atoms with Gasteiger partial charge in [-0.25, -0.2) is 0 Å². The molecule has 3 heterocycles. The fourth-order valence-corrected chi connectivity index (χ4v) is 3.43. The predicted molar refractivity (Wildman–Crippen MR) is 113 cm³/mol. The minimum absolute atomic E-state index is 0.0716. The molecule has 1 aliphatic heterocycles. The predicted octanol–water partition coefficient (Wildman–Crippen LogP) is 3.51. The Morgan fingerprint density at radius 3 is 2.97 bits per heavy atom. The lowest BCUT2D eigenvalue weighted by Gasteiger charge is -2.31. The molecule has 1 unspecified atom stereocenters. The Kier molecular flexibility index (Phi) is 6.57. The number of rotatable bonds is 7. The first kappa shape index (κ1) is 21.0. The first-order valence-electron chi connectivity index (χ1n) is 10.4. The van der Waals surface area contributed by atoms with Gasteiger partial charge in [0.15, 0.2) is 6.10 Å². The van der Waals surface area contributed by atoms with Gasteiger partial charge in [0, 0.05) is 19.2 Å². The van der Waals surface area contributed by atoms with Gasteiger partial charge in [-0.1, -0.05) is 23.4 Å². The average molecular weight is 422 g/mol. The van der Waals surface area contributed by atoms with Crippen molar-refractivity contribution in [1.82, 2.24) is 20.0 Å². The van der Waals surface area contributed by atoms with Crippen LogP contribution in [0.1, 0.15) is 36.0 Å². The molecule has 2 aromatic heterocycles. The highest BCUT2D eigenvalue weighted by molar-refractivity contribution is 5.76. The van der Waals surface area contributed by atoms with Gasteiger partial charge in [0.2, 0.25) is 11.7 Å². The number of carbonyl (C=O) groups is 1. The number of aryl methyl sites for hydroxylation is 1. The summed E-state index contributed by atoms with van der Waals surface area (Å²) in [6.07, 6.45) is 2.31. The van der Waals surface area contributed by atoms with E-state index in [4.69, 9.17) is 14.0 Å². The third-order valence-corrected chi connectivity index (χ3v) is 5.38. The molecule has 1 saturated heterocycles. The zero-order valence-corrected chi connectivity index (χ0v) is 17.8. The van der Waals surface area contributed by atoms with E-state index in [9.17, 15) is 4.79 Å². The second-order valence-electron chi connectivity index (χ2n) is 7.52. The fourth-order valence-electron chi connectivity index (χ4n) is 3.43. The Hall–Kier alpha value is -3.26. The molecule has 1 aliphatic rings. The molecule has 4 rings (SSSR count). The number of pyridine rings is 1. The molecule has 8 nitrogen and oxygen atoms in total. The first-order chi connectivity index (χ1) is 15.1. The maximum atomic E-state index is 12.7. The number of aromatic nitrogens is 3. The average Bonchev–Trinajstić information content (AvgIpc) is 3.30. The summed E-state index contributed by atoms with van der Waals surface area (Å²) in [7, 11) is 0. The topological polar surface area (TPSA) is 90.6 Å². The van der Waals surface area contributed by atoms with Crippen molar-refractivity contribution in [1.29, 1.82) is 0 Å². The molecular weight excluding hydrogens is 396 g/mol. The summed E-state index contributed by atoms with van der Waals surface area (Å²) >= 11 is 0. The molecule has 0 aliphatic carbocycles. The monoisotopic (exact) mass is 422 g/mol. The normalized spacial score (nSPS) is 16.3. The molecule has 31 heavy (non-hydrogen) atoms. The third-order valence-electron chi connectivity index (χ3n) is 5.38. The van der Waals surface area contributed by atoms with Gasteiger partial charge in [-0.15, -0.1) is 0 Å². The Morgan fingerprint density at radius 1 is 1.23 bits per heavy atom. The smallest absolute Gasteiger partial charge is 0.257 e. The molecule has 0 spiro atoms. The lowest BCUT2D eigenvalue weighted by molar-refractivity contribution is -0.140. The number of hydrogen-bond donors (Lipinski definition) is 0. The van der Waals surface area contributed by atoms with E-state index >= 15 is 0 Å². The van der Waals surface area contributed by atoms with E-state index in [0.29, 0.717) is 56.6 Å². The minimum Gasteiger partial charge on any atom is -0.493 e. The van der Waals surface area contributed by atoms with Gasteiger partial charge in [-0.05, 0) is 49.6 Å². The summed E-state index contributed by atoms with van der Waals surface area (Å²) in [4.78, 5) is 23.1. The number of morpholine rings is 1. The Bertz CT molecular complexity index is 1020. The van der Waals surface area contributed by atoms with Gasteiger partial charge < -0.3 is 18.9 Å². The zero-order valence-electron chi connectivity index (χ0n) is 17.8. The van der Waals surface area contributed by atoms with Crippen molar-refractivity contribution in [2.24, 2.45) is 0 Å².